The number of sulfonamides is 1. The Kier molecular flexibility index (Phi) is 5.99. The van der Waals surface area contributed by atoms with E-state index in [0.717, 1.165) is 57.2 Å². The molecule has 3 fully saturated rings. The van der Waals surface area contributed by atoms with Crippen LogP contribution in [0.2, 0.25) is 0 Å². The average molecular weight is 407 g/mol. The van der Waals surface area contributed by atoms with Gasteiger partial charge in [0.25, 0.3) is 0 Å². The molecule has 154 valence electrons. The lowest BCUT2D eigenvalue weighted by atomic mass is 9.93. The summed E-state index contributed by atoms with van der Waals surface area (Å²) in [5, 5.41) is 2.93. The first-order chi connectivity index (χ1) is 13.5. The smallest absolute Gasteiger partial charge is 0.224 e. The molecule has 0 spiro atoms. The van der Waals surface area contributed by atoms with E-state index in [1.165, 1.54) is 0 Å². The molecule has 1 amide bonds. The second-order valence-corrected chi connectivity index (χ2v) is 10.5. The first-order valence-corrected chi connectivity index (χ1v) is 11.9. The second-order valence-electron chi connectivity index (χ2n) is 8.29. The van der Waals surface area contributed by atoms with Crippen molar-refractivity contribution in [3.05, 3.63) is 30.1 Å². The molecule has 0 aromatic carbocycles. The summed E-state index contributed by atoms with van der Waals surface area (Å²) in [4.78, 5) is 19.1. The van der Waals surface area contributed by atoms with E-state index in [1.807, 2.05) is 12.1 Å². The maximum atomic E-state index is 12.6. The molecule has 1 aromatic heterocycles. The van der Waals surface area contributed by atoms with Gasteiger partial charge in [-0.05, 0) is 56.7 Å². The molecule has 1 aliphatic carbocycles. The van der Waals surface area contributed by atoms with Crippen LogP contribution < -0.4 is 5.32 Å². The summed E-state index contributed by atoms with van der Waals surface area (Å²) in [6, 6.07) is 4.23. The molecule has 2 aliphatic heterocycles. The molecule has 3 aliphatic rings. The molecule has 7 nitrogen and oxygen atoms in total. The highest BCUT2D eigenvalue weighted by Crippen LogP contribution is 2.33. The number of hydrogen-bond donors (Lipinski definition) is 1. The van der Waals surface area contributed by atoms with E-state index in [1.54, 1.807) is 16.7 Å². The van der Waals surface area contributed by atoms with Crippen molar-refractivity contribution >= 4 is 15.9 Å². The summed E-state index contributed by atoms with van der Waals surface area (Å²) in [5.41, 5.74) is 1.01. The zero-order valence-corrected chi connectivity index (χ0v) is 17.1. The van der Waals surface area contributed by atoms with Crippen LogP contribution in [0.4, 0.5) is 0 Å². The third-order valence-electron chi connectivity index (χ3n) is 6.26. The topological polar surface area (TPSA) is 82.6 Å². The summed E-state index contributed by atoms with van der Waals surface area (Å²) in [5.74, 6) is 0.126. The number of rotatable bonds is 6. The number of carbonyl (C=O) groups excluding carboxylic acids is 1. The zero-order valence-electron chi connectivity index (χ0n) is 16.3. The molecule has 8 heteroatoms. The third-order valence-corrected chi connectivity index (χ3v) is 8.66. The molecule has 28 heavy (non-hydrogen) atoms. The van der Waals surface area contributed by atoms with Crippen LogP contribution in [0.5, 0.6) is 0 Å². The van der Waals surface area contributed by atoms with Crippen molar-refractivity contribution < 1.29 is 13.2 Å². The monoisotopic (exact) mass is 406 g/mol. The van der Waals surface area contributed by atoms with Gasteiger partial charge in [-0.25, -0.2) is 12.7 Å². The lowest BCUT2D eigenvalue weighted by Crippen LogP contribution is -2.51. The van der Waals surface area contributed by atoms with Gasteiger partial charge in [0.2, 0.25) is 15.9 Å². The van der Waals surface area contributed by atoms with E-state index in [-0.39, 0.29) is 17.1 Å². The Balaban J connectivity index is 1.26. The number of carbonyl (C=O) groups is 1. The van der Waals surface area contributed by atoms with E-state index >= 15 is 0 Å². The molecule has 0 bridgehead atoms. The minimum absolute atomic E-state index is 0.0126. The number of nitrogens with zero attached hydrogens (tertiary/aromatic N) is 3. The Morgan fingerprint density at radius 3 is 2.61 bits per heavy atom. The van der Waals surface area contributed by atoms with Crippen molar-refractivity contribution in [2.45, 2.75) is 56.4 Å². The number of pyridine rings is 1. The Morgan fingerprint density at radius 1 is 1.14 bits per heavy atom. The normalized spacial score (nSPS) is 25.5. The van der Waals surface area contributed by atoms with Gasteiger partial charge >= 0.3 is 0 Å². The molecular weight excluding hydrogens is 376 g/mol. The van der Waals surface area contributed by atoms with Crippen molar-refractivity contribution in [1.29, 1.82) is 0 Å². The van der Waals surface area contributed by atoms with Crippen molar-refractivity contribution in [3.63, 3.8) is 0 Å². The fourth-order valence-electron chi connectivity index (χ4n) is 4.43. The molecule has 1 atom stereocenters. The van der Waals surface area contributed by atoms with Crippen molar-refractivity contribution in [3.8, 4) is 0 Å². The summed E-state index contributed by atoms with van der Waals surface area (Å²) in [6.45, 7) is 3.54. The van der Waals surface area contributed by atoms with Crippen molar-refractivity contribution in [2.75, 3.05) is 26.2 Å². The number of piperidine rings is 2. The van der Waals surface area contributed by atoms with Gasteiger partial charge in [0, 0.05) is 44.6 Å². The standard InChI is InChI=1S/C20H30N4O3S/c25-20(22-14-16-3-1-9-21-13-16)17-4-2-10-23(15-17)18-7-11-24(12-8-18)28(26,27)19-5-6-19/h1,3,9,13,17-19H,2,4-8,10-12,14-15H2,(H,22,25)/t17-/m1/s1. The SMILES string of the molecule is O=C(NCc1cccnc1)[C@@H]1CCCN(C2CCN(S(=O)(=O)C3CC3)CC2)C1. The molecule has 1 saturated carbocycles. The summed E-state index contributed by atoms with van der Waals surface area (Å²) in [6.07, 6.45) is 8.83. The van der Waals surface area contributed by atoms with Gasteiger partial charge in [0.05, 0.1) is 11.2 Å². The van der Waals surface area contributed by atoms with Gasteiger partial charge in [-0.3, -0.25) is 14.7 Å². The number of nitrogens with one attached hydrogen (secondary N) is 1. The first-order valence-electron chi connectivity index (χ1n) is 10.4. The molecule has 1 N–H and O–H groups in total. The van der Waals surface area contributed by atoms with Crippen LogP contribution in [0.15, 0.2) is 24.5 Å². The third kappa shape index (κ3) is 4.55. The van der Waals surface area contributed by atoms with Gasteiger partial charge in [-0.15, -0.1) is 0 Å². The Hall–Kier alpha value is -1.51. The highest BCUT2D eigenvalue weighted by Gasteiger charge is 2.42. The quantitative estimate of drug-likeness (QED) is 0.771. The molecule has 3 heterocycles. The van der Waals surface area contributed by atoms with Crippen molar-refractivity contribution in [2.24, 2.45) is 5.92 Å². The molecular formula is C20H30N4O3S. The van der Waals surface area contributed by atoms with E-state index in [2.05, 4.69) is 15.2 Å². The minimum atomic E-state index is -3.06. The zero-order chi connectivity index (χ0) is 19.6. The maximum Gasteiger partial charge on any atom is 0.224 e. The Labute approximate surface area is 167 Å². The maximum absolute atomic E-state index is 12.6. The molecule has 0 unspecified atom stereocenters. The van der Waals surface area contributed by atoms with Gasteiger partial charge in [0.1, 0.15) is 0 Å². The molecule has 2 saturated heterocycles. The summed E-state index contributed by atoms with van der Waals surface area (Å²) >= 11 is 0. The number of amides is 1. The highest BCUT2D eigenvalue weighted by atomic mass is 32.2. The van der Waals surface area contributed by atoms with E-state index in [0.29, 0.717) is 25.7 Å². The summed E-state index contributed by atoms with van der Waals surface area (Å²) in [7, 11) is -3.06. The van der Waals surface area contributed by atoms with Crippen LogP contribution >= 0.6 is 0 Å². The first kappa shape index (κ1) is 19.8. The fourth-order valence-corrected chi connectivity index (χ4v) is 6.30. The van der Waals surface area contributed by atoms with Crippen LogP contribution in [0.25, 0.3) is 0 Å². The van der Waals surface area contributed by atoms with Crippen LogP contribution in [0.3, 0.4) is 0 Å². The van der Waals surface area contributed by atoms with Crippen LogP contribution in [-0.2, 0) is 21.4 Å². The number of hydrogen-bond acceptors (Lipinski definition) is 5. The highest BCUT2D eigenvalue weighted by molar-refractivity contribution is 7.90. The average Bonchev–Trinajstić information content (AvgIpc) is 3.59. The van der Waals surface area contributed by atoms with Gasteiger partial charge in [0.15, 0.2) is 0 Å². The van der Waals surface area contributed by atoms with E-state index in [4.69, 9.17) is 0 Å². The lowest BCUT2D eigenvalue weighted by molar-refractivity contribution is -0.127. The molecule has 1 aromatic rings. The fraction of sp³-hybridized carbons (Fsp3) is 0.700. The minimum Gasteiger partial charge on any atom is -0.352 e. The lowest BCUT2D eigenvalue weighted by Gasteiger charge is -2.41. The second kappa shape index (κ2) is 8.47. The van der Waals surface area contributed by atoms with Crippen LogP contribution in [0, 0.1) is 5.92 Å². The Bertz CT molecular complexity index is 774. The largest absolute Gasteiger partial charge is 0.352 e. The van der Waals surface area contributed by atoms with E-state index < -0.39 is 10.0 Å². The summed E-state index contributed by atoms with van der Waals surface area (Å²) < 4.78 is 26.5. The molecule has 0 radical (unpaired) electrons. The van der Waals surface area contributed by atoms with Gasteiger partial charge < -0.3 is 5.32 Å². The number of likely N-dealkylation sites (tertiary alicyclic amines) is 1. The van der Waals surface area contributed by atoms with Gasteiger partial charge in [-0.1, -0.05) is 6.07 Å². The van der Waals surface area contributed by atoms with Crippen LogP contribution in [-0.4, -0.2) is 66.0 Å². The molecule has 4 rings (SSSR count). The van der Waals surface area contributed by atoms with Gasteiger partial charge in [-0.2, -0.15) is 0 Å². The number of aromatic nitrogens is 1. The predicted molar refractivity (Wildman–Crippen MR) is 107 cm³/mol. The van der Waals surface area contributed by atoms with Crippen LogP contribution in [0.1, 0.15) is 44.1 Å². The Morgan fingerprint density at radius 2 is 1.93 bits per heavy atom. The van der Waals surface area contributed by atoms with E-state index in [9.17, 15) is 13.2 Å². The predicted octanol–water partition coefficient (Wildman–Crippen LogP) is 1.37. The van der Waals surface area contributed by atoms with Crippen molar-refractivity contribution in [1.82, 2.24) is 19.5 Å².